The number of benzene rings is 3. The van der Waals surface area contributed by atoms with Crippen molar-refractivity contribution in [1.82, 2.24) is 9.97 Å². The molecule has 1 aliphatic rings. The second kappa shape index (κ2) is 12.0. The normalized spacial score (nSPS) is 15.3. The minimum Gasteiger partial charge on any atom is -0.260 e. The molecule has 3 aromatic carbocycles. The Morgan fingerprint density at radius 3 is 1.06 bits per heavy atom. The highest BCUT2D eigenvalue weighted by Gasteiger charge is 2.58. The first-order valence-electron chi connectivity index (χ1n) is 16.8. The lowest BCUT2D eigenvalue weighted by molar-refractivity contribution is 0.568. The van der Waals surface area contributed by atoms with E-state index in [4.69, 9.17) is 9.97 Å². The second-order valence-corrected chi connectivity index (χ2v) is 20.5. The molecule has 47 heavy (non-hydrogen) atoms. The lowest BCUT2D eigenvalue weighted by Crippen LogP contribution is -2.56. The van der Waals surface area contributed by atoms with E-state index in [9.17, 15) is 0 Å². The summed E-state index contributed by atoms with van der Waals surface area (Å²) in [5.74, 6) is 0. The Morgan fingerprint density at radius 1 is 0.404 bits per heavy atom. The molecule has 6 rings (SSSR count). The van der Waals surface area contributed by atoms with Crippen molar-refractivity contribution >= 4 is 34.8 Å². The predicted octanol–water partition coefficient (Wildman–Crippen LogP) is 10.8. The maximum atomic E-state index is 5.16. The average molecular weight is 633 g/mol. The minimum absolute atomic E-state index is 0.0398. The van der Waals surface area contributed by atoms with E-state index in [2.05, 4.69) is 190 Å². The van der Waals surface area contributed by atoms with Crippen LogP contribution in [0.25, 0.3) is 21.5 Å². The van der Waals surface area contributed by atoms with E-state index in [1.54, 1.807) is 0 Å². The van der Waals surface area contributed by atoms with Crippen LogP contribution in [0.15, 0.2) is 128 Å². The second-order valence-electron chi connectivity index (χ2n) is 16.0. The average Bonchev–Trinajstić information content (AvgIpc) is 3.39. The summed E-state index contributed by atoms with van der Waals surface area (Å²) in [6.07, 6.45) is 4.31. The molecule has 2 aromatic heterocycles. The first-order valence-corrected chi connectivity index (χ1v) is 18.8. The molecule has 0 bridgehead atoms. The van der Waals surface area contributed by atoms with Gasteiger partial charge in [0, 0.05) is 34.6 Å². The van der Waals surface area contributed by atoms with Crippen LogP contribution in [-0.4, -0.2) is 18.0 Å². The van der Waals surface area contributed by atoms with Gasteiger partial charge in [0.15, 0.2) is 8.07 Å². The van der Waals surface area contributed by atoms with E-state index in [1.807, 2.05) is 0 Å². The van der Waals surface area contributed by atoms with Crippen molar-refractivity contribution in [3.05, 3.63) is 161 Å². The molecule has 0 radical (unpaired) electrons. The Morgan fingerprint density at radius 2 is 0.766 bits per heavy atom. The lowest BCUT2D eigenvalue weighted by Gasteiger charge is -2.45. The molecule has 0 spiro atoms. The molecule has 3 heteroatoms. The van der Waals surface area contributed by atoms with Gasteiger partial charge in [-0.2, -0.15) is 0 Å². The monoisotopic (exact) mass is 632 g/mol. The van der Waals surface area contributed by atoms with E-state index in [-0.39, 0.29) is 15.9 Å². The van der Waals surface area contributed by atoms with Gasteiger partial charge in [0.05, 0.1) is 0 Å². The van der Waals surface area contributed by atoms with Gasteiger partial charge in [0.25, 0.3) is 0 Å². The molecule has 1 aliphatic heterocycles. The van der Waals surface area contributed by atoms with Crippen LogP contribution in [0.1, 0.15) is 96.0 Å². The first kappa shape index (κ1) is 32.6. The zero-order chi connectivity index (χ0) is 33.6. The zero-order valence-electron chi connectivity index (χ0n) is 29.5. The molecule has 2 nitrogen and oxygen atoms in total. The van der Waals surface area contributed by atoms with Crippen molar-refractivity contribution in [2.45, 2.75) is 78.2 Å². The van der Waals surface area contributed by atoms with Crippen LogP contribution in [0.2, 0.25) is 5.04 Å². The number of rotatable bonds is 5. The Hall–Kier alpha value is -4.34. The van der Waals surface area contributed by atoms with Gasteiger partial charge in [0.1, 0.15) is 0 Å². The summed E-state index contributed by atoms with van der Waals surface area (Å²) in [5, 5.41) is 4.12. The van der Waals surface area contributed by atoms with Crippen molar-refractivity contribution in [3.63, 3.8) is 0 Å². The SMILES string of the molecule is CC(C)(C)c1ccc(C2=C(c3ccccc3)C(c3ccccc3)=C(c3ccc(C(C)(C)C)nc3)[Si]2(c2ccccc2)C(C)(C)C)cn1. The van der Waals surface area contributed by atoms with Crippen LogP contribution in [0.5, 0.6) is 0 Å². The van der Waals surface area contributed by atoms with Crippen LogP contribution in [-0.2, 0) is 10.8 Å². The third kappa shape index (κ3) is 5.76. The quantitative estimate of drug-likeness (QED) is 0.180. The van der Waals surface area contributed by atoms with Crippen molar-refractivity contribution in [2.24, 2.45) is 0 Å². The molecule has 0 unspecified atom stereocenters. The number of allylic oxidation sites excluding steroid dienone is 2. The molecule has 5 aromatic rings. The summed E-state index contributed by atoms with van der Waals surface area (Å²) in [4.78, 5) is 10.3. The standard InChI is InChI=1S/C44H48N2Si/c1-42(2,3)36-27-25-33(29-45-36)40-38(31-19-13-10-14-20-31)39(32-21-15-11-16-22-32)41(34-26-28-37(46-30-34)43(4,5)6)47(40,44(7,8)9)35-23-17-12-18-24-35/h10-30H,1-9H3. The zero-order valence-corrected chi connectivity index (χ0v) is 30.5. The van der Waals surface area contributed by atoms with Crippen LogP contribution in [0.3, 0.4) is 0 Å². The summed E-state index contributed by atoms with van der Waals surface area (Å²) >= 11 is 0. The fourth-order valence-electron chi connectivity index (χ4n) is 7.39. The molecule has 238 valence electrons. The molecule has 0 amide bonds. The Balaban J connectivity index is 1.85. The van der Waals surface area contributed by atoms with Crippen molar-refractivity contribution in [1.29, 1.82) is 0 Å². The molecule has 3 heterocycles. The highest BCUT2D eigenvalue weighted by Crippen LogP contribution is 2.62. The third-order valence-electron chi connectivity index (χ3n) is 9.60. The van der Waals surface area contributed by atoms with Crippen molar-refractivity contribution < 1.29 is 0 Å². The maximum absolute atomic E-state index is 5.16. The van der Waals surface area contributed by atoms with Crippen molar-refractivity contribution in [3.8, 4) is 0 Å². The van der Waals surface area contributed by atoms with E-state index in [0.29, 0.717) is 0 Å². The lowest BCUT2D eigenvalue weighted by atomic mass is 9.88. The van der Waals surface area contributed by atoms with Gasteiger partial charge in [0.2, 0.25) is 0 Å². The van der Waals surface area contributed by atoms with Crippen LogP contribution < -0.4 is 5.19 Å². The first-order chi connectivity index (χ1) is 22.2. The third-order valence-corrected chi connectivity index (χ3v) is 15.6. The predicted molar refractivity (Wildman–Crippen MR) is 204 cm³/mol. The summed E-state index contributed by atoms with van der Waals surface area (Å²) in [5.41, 5.74) is 9.59. The molecule has 0 aliphatic carbocycles. The summed E-state index contributed by atoms with van der Waals surface area (Å²) in [6.45, 7) is 20.8. The van der Waals surface area contributed by atoms with E-state index in [0.717, 1.165) is 11.4 Å². The molecule has 0 fully saturated rings. The van der Waals surface area contributed by atoms with Crippen LogP contribution >= 0.6 is 0 Å². The molecular weight excluding hydrogens is 585 g/mol. The fourth-order valence-corrected chi connectivity index (χ4v) is 13.7. The van der Waals surface area contributed by atoms with Gasteiger partial charge in [-0.05, 0) is 66.2 Å². The maximum Gasteiger partial charge on any atom is 0.156 e. The Kier molecular flexibility index (Phi) is 8.34. The van der Waals surface area contributed by atoms with Crippen LogP contribution in [0, 0.1) is 0 Å². The Bertz CT molecular complexity index is 1800. The number of hydrogen-bond donors (Lipinski definition) is 0. The number of hydrogen-bond acceptors (Lipinski definition) is 2. The van der Waals surface area contributed by atoms with Gasteiger partial charge in [-0.3, -0.25) is 9.97 Å². The molecule has 0 saturated carbocycles. The minimum atomic E-state index is -2.89. The van der Waals surface area contributed by atoms with Gasteiger partial charge in [-0.1, -0.05) is 165 Å². The van der Waals surface area contributed by atoms with E-state index in [1.165, 1.54) is 49.0 Å². The number of nitrogens with zero attached hydrogens (tertiary/aromatic N) is 2. The highest BCUT2D eigenvalue weighted by atomic mass is 28.3. The molecule has 0 N–H and O–H groups in total. The summed E-state index contributed by atoms with van der Waals surface area (Å²) in [6, 6.07) is 42.6. The van der Waals surface area contributed by atoms with Crippen LogP contribution in [0.4, 0.5) is 0 Å². The highest BCUT2D eigenvalue weighted by molar-refractivity contribution is 7.23. The number of pyridine rings is 2. The molecule has 0 saturated heterocycles. The van der Waals surface area contributed by atoms with E-state index < -0.39 is 8.07 Å². The smallest absolute Gasteiger partial charge is 0.156 e. The largest absolute Gasteiger partial charge is 0.260 e. The fraction of sp³-hybridized carbons (Fsp3) is 0.273. The van der Waals surface area contributed by atoms with Gasteiger partial charge < -0.3 is 0 Å². The summed E-state index contributed by atoms with van der Waals surface area (Å²) < 4.78 is 0. The van der Waals surface area contributed by atoms with Gasteiger partial charge >= 0.3 is 0 Å². The summed E-state index contributed by atoms with van der Waals surface area (Å²) in [7, 11) is -2.89. The number of aromatic nitrogens is 2. The topological polar surface area (TPSA) is 25.8 Å². The molecule has 0 atom stereocenters. The van der Waals surface area contributed by atoms with E-state index >= 15 is 0 Å². The molecular formula is C44H48N2Si. The van der Waals surface area contributed by atoms with Gasteiger partial charge in [-0.25, -0.2) is 0 Å². The Labute approximate surface area is 283 Å². The van der Waals surface area contributed by atoms with Gasteiger partial charge in [-0.15, -0.1) is 0 Å². The van der Waals surface area contributed by atoms with Crippen molar-refractivity contribution in [2.75, 3.05) is 0 Å².